The van der Waals surface area contributed by atoms with Crippen molar-refractivity contribution in [3.05, 3.63) is 46.4 Å². The first-order valence-electron chi connectivity index (χ1n) is 10.2. The van der Waals surface area contributed by atoms with E-state index in [0.29, 0.717) is 42.8 Å². The number of anilines is 2. The fourth-order valence-corrected chi connectivity index (χ4v) is 6.91. The largest absolute Gasteiger partial charge is 0.497 e. The van der Waals surface area contributed by atoms with Gasteiger partial charge in [-0.1, -0.05) is 0 Å². The van der Waals surface area contributed by atoms with Gasteiger partial charge in [0.05, 0.1) is 12.0 Å². The Kier molecular flexibility index (Phi) is 6.02. The summed E-state index contributed by atoms with van der Waals surface area (Å²) in [4.78, 5) is 16.2. The molecule has 9 heteroatoms. The maximum atomic E-state index is 13.5. The molecule has 2 aromatic rings. The van der Waals surface area contributed by atoms with Crippen LogP contribution in [-0.4, -0.2) is 58.0 Å². The van der Waals surface area contributed by atoms with Crippen LogP contribution in [0, 0.1) is 0 Å². The van der Waals surface area contributed by atoms with Gasteiger partial charge in [0.2, 0.25) is 15.9 Å². The van der Waals surface area contributed by atoms with E-state index in [0.717, 1.165) is 17.0 Å². The summed E-state index contributed by atoms with van der Waals surface area (Å²) in [5.74, 6) is 0.713. The summed E-state index contributed by atoms with van der Waals surface area (Å²) in [6, 6.07) is 11.3. The molecule has 2 aliphatic rings. The molecule has 0 N–H and O–H groups in total. The summed E-state index contributed by atoms with van der Waals surface area (Å²) in [7, 11) is -2.06. The van der Waals surface area contributed by atoms with Gasteiger partial charge in [0, 0.05) is 55.0 Å². The molecule has 0 aliphatic carbocycles. The van der Waals surface area contributed by atoms with Crippen LogP contribution in [0.15, 0.2) is 45.8 Å². The molecule has 0 unspecified atom stereocenters. The molecule has 0 aromatic heterocycles. The lowest BCUT2D eigenvalue weighted by Gasteiger charge is -2.35. The zero-order valence-corrected chi connectivity index (χ0v) is 20.2. The van der Waals surface area contributed by atoms with Crippen LogP contribution in [0.25, 0.3) is 0 Å². The number of carbonyl (C=O) groups is 1. The fourth-order valence-electron chi connectivity index (χ4n) is 4.42. The molecule has 1 saturated heterocycles. The average Bonchev–Trinajstić information content (AvgIpc) is 3.08. The van der Waals surface area contributed by atoms with Crippen LogP contribution in [0.2, 0.25) is 0 Å². The smallest absolute Gasteiger partial charge is 0.244 e. The topological polar surface area (TPSA) is 70.2 Å². The Morgan fingerprint density at radius 1 is 1.10 bits per heavy atom. The molecule has 0 bridgehead atoms. The number of fused-ring (bicyclic) bond motifs is 1. The van der Waals surface area contributed by atoms with Crippen molar-refractivity contribution in [3.63, 3.8) is 0 Å². The summed E-state index contributed by atoms with van der Waals surface area (Å²) < 4.78 is 34.2. The molecule has 166 valence electrons. The second-order valence-corrected chi connectivity index (χ2v) is 10.7. The first-order valence-corrected chi connectivity index (χ1v) is 12.5. The van der Waals surface area contributed by atoms with Crippen LogP contribution in [-0.2, 0) is 21.2 Å². The minimum Gasteiger partial charge on any atom is -0.497 e. The van der Waals surface area contributed by atoms with Gasteiger partial charge in [0.25, 0.3) is 0 Å². The lowest BCUT2D eigenvalue weighted by Crippen LogP contribution is -2.48. The second kappa shape index (κ2) is 8.44. The number of nitrogens with zero attached hydrogens (tertiary/aromatic N) is 3. The van der Waals surface area contributed by atoms with Crippen LogP contribution in [0.1, 0.15) is 19.4 Å². The Morgan fingerprint density at radius 2 is 1.74 bits per heavy atom. The third-order valence-corrected chi connectivity index (χ3v) is 8.84. The normalized spacial score (nSPS) is 19.4. The molecule has 7 nitrogen and oxygen atoms in total. The number of carbonyl (C=O) groups excluding carboxylic acids is 1. The summed E-state index contributed by atoms with van der Waals surface area (Å²) in [6.07, 6.45) is 0.717. The zero-order chi connectivity index (χ0) is 22.3. The van der Waals surface area contributed by atoms with Gasteiger partial charge in [0.15, 0.2) is 0 Å². The molecular formula is C22H26BrN3O4S. The molecule has 0 spiro atoms. The van der Waals surface area contributed by atoms with Gasteiger partial charge < -0.3 is 14.5 Å². The van der Waals surface area contributed by atoms with Gasteiger partial charge in [-0.25, -0.2) is 8.42 Å². The molecule has 1 fully saturated rings. The number of benzene rings is 2. The van der Waals surface area contributed by atoms with Crippen LogP contribution in [0.4, 0.5) is 11.4 Å². The SMILES string of the molecule is COc1ccc(N2CCN(S(=O)(=O)c3cc4c(cc3Br)C[C@@H](C)N4C(C)=O)CC2)cc1. The lowest BCUT2D eigenvalue weighted by molar-refractivity contribution is -0.116. The third-order valence-electron chi connectivity index (χ3n) is 5.98. The maximum absolute atomic E-state index is 13.5. The van der Waals surface area contributed by atoms with Crippen molar-refractivity contribution in [3.8, 4) is 5.75 Å². The number of rotatable bonds is 4. The molecular weight excluding hydrogens is 482 g/mol. The Bertz CT molecular complexity index is 1100. The van der Waals surface area contributed by atoms with E-state index in [9.17, 15) is 13.2 Å². The van der Waals surface area contributed by atoms with Crippen molar-refractivity contribution in [2.24, 2.45) is 0 Å². The van der Waals surface area contributed by atoms with Crippen molar-refractivity contribution in [1.82, 2.24) is 4.31 Å². The Hall–Kier alpha value is -2.10. The molecule has 0 radical (unpaired) electrons. The molecule has 0 saturated carbocycles. The minimum absolute atomic E-state index is 0.0189. The molecule has 1 amide bonds. The quantitative estimate of drug-likeness (QED) is 0.634. The monoisotopic (exact) mass is 507 g/mol. The predicted molar refractivity (Wildman–Crippen MR) is 124 cm³/mol. The summed E-state index contributed by atoms with van der Waals surface area (Å²) in [5.41, 5.74) is 2.72. The van der Waals surface area contributed by atoms with Gasteiger partial charge in [-0.2, -0.15) is 4.31 Å². The summed E-state index contributed by atoms with van der Waals surface area (Å²) in [5, 5.41) is 0. The van der Waals surface area contributed by atoms with Crippen molar-refractivity contribution in [2.45, 2.75) is 31.2 Å². The number of amides is 1. The highest BCUT2D eigenvalue weighted by Crippen LogP contribution is 2.39. The minimum atomic E-state index is -3.70. The number of hydrogen-bond donors (Lipinski definition) is 0. The van der Waals surface area contributed by atoms with Crippen LogP contribution >= 0.6 is 15.9 Å². The first-order chi connectivity index (χ1) is 14.7. The predicted octanol–water partition coefficient (Wildman–Crippen LogP) is 3.27. The maximum Gasteiger partial charge on any atom is 0.244 e. The van der Waals surface area contributed by atoms with Gasteiger partial charge in [0.1, 0.15) is 5.75 Å². The van der Waals surface area contributed by atoms with E-state index in [-0.39, 0.29) is 16.8 Å². The van der Waals surface area contributed by atoms with E-state index in [4.69, 9.17) is 4.74 Å². The average molecular weight is 508 g/mol. The van der Waals surface area contributed by atoms with E-state index in [1.807, 2.05) is 37.3 Å². The number of halogens is 1. The summed E-state index contributed by atoms with van der Waals surface area (Å²) in [6.45, 7) is 5.48. The van der Waals surface area contributed by atoms with Crippen LogP contribution < -0.4 is 14.5 Å². The highest BCUT2D eigenvalue weighted by Gasteiger charge is 2.35. The number of ether oxygens (including phenoxy) is 1. The standard InChI is InChI=1S/C22H26BrN3O4S/c1-15-12-17-13-20(23)22(14-21(17)26(15)16(2)27)31(28,29)25-10-8-24(9-11-25)18-4-6-19(30-3)7-5-18/h4-7,13-15H,8-12H2,1-3H3/t15-/m1/s1. The second-order valence-electron chi connectivity index (χ2n) is 7.94. The third kappa shape index (κ3) is 4.06. The lowest BCUT2D eigenvalue weighted by atomic mass is 10.1. The molecule has 2 aromatic carbocycles. The molecule has 2 aliphatic heterocycles. The molecule has 4 rings (SSSR count). The van der Waals surface area contributed by atoms with Crippen LogP contribution in [0.3, 0.4) is 0 Å². The van der Waals surface area contributed by atoms with Crippen molar-refractivity contribution >= 4 is 43.2 Å². The van der Waals surface area contributed by atoms with E-state index in [1.54, 1.807) is 18.1 Å². The van der Waals surface area contributed by atoms with Gasteiger partial charge in [-0.05, 0) is 71.2 Å². The molecule has 31 heavy (non-hydrogen) atoms. The van der Waals surface area contributed by atoms with E-state index in [2.05, 4.69) is 20.8 Å². The Morgan fingerprint density at radius 3 is 2.32 bits per heavy atom. The van der Waals surface area contributed by atoms with E-state index >= 15 is 0 Å². The first kappa shape index (κ1) is 22.1. The van der Waals surface area contributed by atoms with Crippen molar-refractivity contribution in [1.29, 1.82) is 0 Å². The van der Waals surface area contributed by atoms with E-state index in [1.165, 1.54) is 11.2 Å². The highest BCUT2D eigenvalue weighted by molar-refractivity contribution is 9.10. The number of sulfonamides is 1. The van der Waals surface area contributed by atoms with E-state index < -0.39 is 10.0 Å². The molecule has 1 atom stereocenters. The number of piperazine rings is 1. The van der Waals surface area contributed by atoms with Gasteiger partial charge in [-0.15, -0.1) is 0 Å². The Labute approximate surface area is 191 Å². The fraction of sp³-hybridized carbons (Fsp3) is 0.409. The number of hydrogen-bond acceptors (Lipinski definition) is 5. The van der Waals surface area contributed by atoms with Crippen LogP contribution in [0.5, 0.6) is 5.75 Å². The Balaban J connectivity index is 1.55. The highest BCUT2D eigenvalue weighted by atomic mass is 79.9. The van der Waals surface area contributed by atoms with Crippen molar-refractivity contribution in [2.75, 3.05) is 43.1 Å². The van der Waals surface area contributed by atoms with Gasteiger partial charge >= 0.3 is 0 Å². The number of methoxy groups -OCH3 is 1. The van der Waals surface area contributed by atoms with Gasteiger partial charge in [-0.3, -0.25) is 4.79 Å². The molecule has 2 heterocycles. The zero-order valence-electron chi connectivity index (χ0n) is 17.8. The van der Waals surface area contributed by atoms with Crippen molar-refractivity contribution < 1.29 is 17.9 Å². The summed E-state index contributed by atoms with van der Waals surface area (Å²) >= 11 is 3.46.